The van der Waals surface area contributed by atoms with Crippen LogP contribution in [0.5, 0.6) is 0 Å². The Morgan fingerprint density at radius 1 is 0.356 bits per heavy atom. The van der Waals surface area contributed by atoms with Crippen molar-refractivity contribution >= 4 is 43.5 Å². The molecule has 8 aromatic carbocycles. The number of benzene rings is 8. The summed E-state index contributed by atoms with van der Waals surface area (Å²) in [6.45, 7) is 0. The van der Waals surface area contributed by atoms with Crippen LogP contribution in [0.15, 0.2) is 174 Å². The highest BCUT2D eigenvalue weighted by molar-refractivity contribution is 6.22. The summed E-state index contributed by atoms with van der Waals surface area (Å²) in [6.07, 6.45) is 0. The molecule has 0 radical (unpaired) electrons. The van der Waals surface area contributed by atoms with Crippen molar-refractivity contribution in [2.75, 3.05) is 0 Å². The maximum Gasteiger partial charge on any atom is 0.136 e. The molecule has 0 bridgehead atoms. The van der Waals surface area contributed by atoms with Gasteiger partial charge in [0, 0.05) is 10.8 Å². The molecule has 0 aliphatic carbocycles. The van der Waals surface area contributed by atoms with Gasteiger partial charge in [-0.05, 0) is 78.1 Å². The van der Waals surface area contributed by atoms with Gasteiger partial charge in [0.15, 0.2) is 0 Å². The maximum absolute atomic E-state index is 9.57. The molecule has 0 saturated heterocycles. The molecular weight excluding hydrogens is 544 g/mol. The normalized spacial score (nSPS) is 16.2. The molecule has 9 aromatic rings. The van der Waals surface area contributed by atoms with E-state index in [0.717, 1.165) is 21.9 Å². The highest BCUT2D eigenvalue weighted by Crippen LogP contribution is 2.45. The van der Waals surface area contributed by atoms with Gasteiger partial charge in [0.25, 0.3) is 0 Å². The van der Waals surface area contributed by atoms with Crippen LogP contribution in [0.4, 0.5) is 0 Å². The molecule has 0 fully saturated rings. The number of fused-ring (bicyclic) bond motifs is 5. The molecule has 1 nitrogen and oxygen atoms in total. The third-order valence-corrected chi connectivity index (χ3v) is 8.00. The first-order chi connectivity index (χ1) is 28.6. The molecule has 0 saturated carbocycles. The third kappa shape index (κ3) is 4.09. The monoisotopic (exact) mass is 587 g/mol. The molecule has 1 heterocycles. The van der Waals surface area contributed by atoms with Gasteiger partial charge >= 0.3 is 0 Å². The summed E-state index contributed by atoms with van der Waals surface area (Å²) in [6, 6.07) is 14.5. The number of hydrogen-bond acceptors (Lipinski definition) is 1. The van der Waals surface area contributed by atoms with Crippen LogP contribution in [0, 0.1) is 0 Å². The first-order valence-electron chi connectivity index (χ1n) is 21.7. The van der Waals surface area contributed by atoms with Gasteiger partial charge in [0.2, 0.25) is 0 Å². The van der Waals surface area contributed by atoms with Crippen molar-refractivity contribution < 1.29 is 25.0 Å². The van der Waals surface area contributed by atoms with Crippen molar-refractivity contribution in [1.29, 1.82) is 0 Å². The van der Waals surface area contributed by atoms with E-state index >= 15 is 0 Å². The fourth-order valence-electron chi connectivity index (χ4n) is 6.14. The van der Waals surface area contributed by atoms with Crippen molar-refractivity contribution in [3.63, 3.8) is 0 Å². The Morgan fingerprint density at radius 2 is 0.800 bits per heavy atom. The quantitative estimate of drug-likeness (QED) is 0.187. The minimum absolute atomic E-state index is 0.0376. The summed E-state index contributed by atoms with van der Waals surface area (Å²) in [5, 5.41) is 2.28. The summed E-state index contributed by atoms with van der Waals surface area (Å²) in [5.41, 5.74) is -0.549. The topological polar surface area (TPSA) is 13.1 Å². The van der Waals surface area contributed by atoms with E-state index in [9.17, 15) is 6.85 Å². The lowest BCUT2D eigenvalue weighted by atomic mass is 9.85. The Morgan fingerprint density at radius 3 is 1.33 bits per heavy atom. The second-order valence-corrected chi connectivity index (χ2v) is 10.5. The lowest BCUT2D eigenvalue weighted by Gasteiger charge is -2.18. The van der Waals surface area contributed by atoms with Gasteiger partial charge in [0.05, 0.1) is 20.6 Å². The maximum atomic E-state index is 9.57. The zero-order valence-corrected chi connectivity index (χ0v) is 23.4. The van der Waals surface area contributed by atoms with Crippen molar-refractivity contribution in [3.05, 3.63) is 169 Å². The fraction of sp³-hybridized carbons (Fsp3) is 0. The molecule has 0 unspecified atom stereocenters. The zero-order valence-electron chi connectivity index (χ0n) is 38.4. The molecule has 0 aliphatic heterocycles. The van der Waals surface area contributed by atoms with E-state index in [1.54, 1.807) is 0 Å². The molecule has 0 amide bonds. The Labute approximate surface area is 282 Å². The highest BCUT2D eigenvalue weighted by Gasteiger charge is 2.18. The van der Waals surface area contributed by atoms with E-state index in [0.29, 0.717) is 16.3 Å². The van der Waals surface area contributed by atoms with Crippen LogP contribution in [-0.4, -0.2) is 0 Å². The molecule has 45 heavy (non-hydrogen) atoms. The Kier molecular flexibility index (Phi) is 3.39. The minimum Gasteiger partial charge on any atom is -0.456 e. The second-order valence-electron chi connectivity index (χ2n) is 10.5. The number of hydrogen-bond donors (Lipinski definition) is 0. The molecule has 0 aliphatic rings. The smallest absolute Gasteiger partial charge is 0.136 e. The van der Waals surface area contributed by atoms with Crippen LogP contribution in [-0.2, 0) is 0 Å². The Balaban J connectivity index is 1.45. The molecule has 1 aromatic heterocycles. The van der Waals surface area contributed by atoms with Gasteiger partial charge in [-0.3, -0.25) is 0 Å². The summed E-state index contributed by atoms with van der Waals surface area (Å²) < 4.78 is 140. The predicted molar refractivity (Wildman–Crippen MR) is 190 cm³/mol. The van der Waals surface area contributed by atoms with Gasteiger partial charge in [0.1, 0.15) is 11.2 Å². The largest absolute Gasteiger partial charge is 0.456 e. The molecular formula is C44H28O. The second kappa shape index (κ2) is 10.4. The van der Waals surface area contributed by atoms with Gasteiger partial charge in [-0.1, -0.05) is 157 Å². The average molecular weight is 588 g/mol. The van der Waals surface area contributed by atoms with Gasteiger partial charge < -0.3 is 4.42 Å². The summed E-state index contributed by atoms with van der Waals surface area (Å²) >= 11 is 0. The summed E-state index contributed by atoms with van der Waals surface area (Å²) in [5.74, 6) is 0. The van der Waals surface area contributed by atoms with Crippen LogP contribution < -0.4 is 0 Å². The van der Waals surface area contributed by atoms with E-state index in [4.69, 9.17) is 18.1 Å². The van der Waals surface area contributed by atoms with Crippen LogP contribution in [0.25, 0.3) is 88.0 Å². The minimum atomic E-state index is -0.754. The first-order valence-corrected chi connectivity index (χ1v) is 14.2. The van der Waals surface area contributed by atoms with Gasteiger partial charge in [-0.25, -0.2) is 0 Å². The number of furan rings is 1. The fourth-order valence-corrected chi connectivity index (χ4v) is 6.14. The van der Waals surface area contributed by atoms with Crippen molar-refractivity contribution in [1.82, 2.24) is 0 Å². The molecule has 0 N–H and O–H groups in total. The summed E-state index contributed by atoms with van der Waals surface area (Å²) in [4.78, 5) is 0. The lowest BCUT2D eigenvalue weighted by Crippen LogP contribution is -1.90. The van der Waals surface area contributed by atoms with Crippen molar-refractivity contribution in [2.24, 2.45) is 0 Å². The van der Waals surface area contributed by atoms with Crippen LogP contribution >= 0.6 is 0 Å². The van der Waals surface area contributed by atoms with Gasteiger partial charge in [-0.15, -0.1) is 0 Å². The van der Waals surface area contributed by atoms with Gasteiger partial charge in [-0.2, -0.15) is 0 Å². The van der Waals surface area contributed by atoms with E-state index in [1.165, 1.54) is 0 Å². The van der Waals surface area contributed by atoms with E-state index in [2.05, 4.69) is 0 Å². The SMILES string of the molecule is [2H]c1c([2H])c([2H])c(-c2c([2H])c([2H])c([2H])c3oc4c([2H])c([2H])c([2H])c(-c5c([2H])c([2H])c(-c6c7ccccc7c(-c7ccccc7)c7ccccc67)c([2H])c5[2H])c4c23)c([2H])c1[2H]. The predicted octanol–water partition coefficient (Wildman–Crippen LogP) is 12.6. The van der Waals surface area contributed by atoms with E-state index in [-0.39, 0.29) is 16.3 Å². The first kappa shape index (κ1) is 14.7. The standard InChI is InChI=1S/C44H28O/c1-3-13-29(14-4-1)33-21-11-23-39-43(33)44-34(22-12-24-40(44)45-39)30-25-27-32(28-26-30)42-37-19-9-7-17-35(37)41(31-15-5-2-6-16-31)36-18-8-10-20-38(36)42/h1-28H/i1D,3D,4D,11D,12D,13D,14D,21D,22D,23D,24D,25D,26D,27D,28D. The third-order valence-electron chi connectivity index (χ3n) is 8.00. The van der Waals surface area contributed by atoms with Crippen LogP contribution in [0.1, 0.15) is 20.6 Å². The van der Waals surface area contributed by atoms with Crippen LogP contribution in [0.3, 0.4) is 0 Å². The molecule has 0 spiro atoms. The molecule has 1 heteroatoms. The Bertz CT molecular complexity index is 3260. The molecule has 210 valence electrons. The summed E-state index contributed by atoms with van der Waals surface area (Å²) in [7, 11) is 0. The molecule has 0 atom stereocenters. The highest BCUT2D eigenvalue weighted by atomic mass is 16.3. The zero-order chi connectivity index (χ0) is 42.8. The van der Waals surface area contributed by atoms with E-state index < -0.39 is 124 Å². The number of rotatable bonds is 4. The van der Waals surface area contributed by atoms with E-state index in [1.807, 2.05) is 78.9 Å². The lowest BCUT2D eigenvalue weighted by molar-refractivity contribution is 0.669. The molecule has 9 rings (SSSR count). The van der Waals surface area contributed by atoms with Crippen molar-refractivity contribution in [3.8, 4) is 44.5 Å². The Hall–Kier alpha value is -5.92. The average Bonchev–Trinajstić information content (AvgIpc) is 3.65. The van der Waals surface area contributed by atoms with Crippen LogP contribution in [0.2, 0.25) is 0 Å². The van der Waals surface area contributed by atoms with Crippen molar-refractivity contribution in [2.45, 2.75) is 0 Å².